The zero-order valence-electron chi connectivity index (χ0n) is 13.2. The van der Waals surface area contributed by atoms with Gasteiger partial charge in [-0.2, -0.15) is 0 Å². The third kappa shape index (κ3) is 3.31. The number of halogens is 1. The summed E-state index contributed by atoms with van der Waals surface area (Å²) >= 11 is 6.01. The molecule has 0 bridgehead atoms. The van der Waals surface area contributed by atoms with Gasteiger partial charge in [0.2, 0.25) is 5.91 Å². The largest absolute Gasteiger partial charge is 0.346 e. The lowest BCUT2D eigenvalue weighted by molar-refractivity contribution is -0.128. The van der Waals surface area contributed by atoms with Crippen LogP contribution in [0.2, 0.25) is 5.02 Å². The van der Waals surface area contributed by atoms with E-state index in [1.165, 1.54) is 18.4 Å². The Morgan fingerprint density at radius 3 is 2.59 bits per heavy atom. The third-order valence-corrected chi connectivity index (χ3v) is 5.46. The second kappa shape index (κ2) is 6.59. The summed E-state index contributed by atoms with van der Waals surface area (Å²) in [4.78, 5) is 12.8. The molecule has 1 amide bonds. The van der Waals surface area contributed by atoms with Crippen molar-refractivity contribution in [2.75, 3.05) is 6.54 Å². The van der Waals surface area contributed by atoms with E-state index in [0.717, 1.165) is 37.3 Å². The van der Waals surface area contributed by atoms with Crippen LogP contribution in [0, 0.1) is 5.92 Å². The van der Waals surface area contributed by atoms with Crippen LogP contribution in [0.1, 0.15) is 51.0 Å². The number of piperidine rings is 1. The van der Waals surface area contributed by atoms with E-state index < -0.39 is 0 Å². The van der Waals surface area contributed by atoms with Gasteiger partial charge in [-0.1, -0.05) is 36.6 Å². The quantitative estimate of drug-likeness (QED) is 0.893. The van der Waals surface area contributed by atoms with Crippen LogP contribution in [0.3, 0.4) is 0 Å². The van der Waals surface area contributed by atoms with Crippen LogP contribution in [-0.4, -0.2) is 18.5 Å². The number of amides is 1. The maximum absolute atomic E-state index is 12.8. The minimum absolute atomic E-state index is 0.140. The first kappa shape index (κ1) is 15.8. The highest BCUT2D eigenvalue weighted by Crippen LogP contribution is 2.39. The minimum Gasteiger partial charge on any atom is -0.346 e. The van der Waals surface area contributed by atoms with Crippen LogP contribution in [0.5, 0.6) is 0 Å². The van der Waals surface area contributed by atoms with Crippen molar-refractivity contribution in [2.45, 2.75) is 57.0 Å². The molecule has 2 aliphatic rings. The highest BCUT2D eigenvalue weighted by molar-refractivity contribution is 6.30. The van der Waals surface area contributed by atoms with Gasteiger partial charge < -0.3 is 10.6 Å². The van der Waals surface area contributed by atoms with E-state index in [9.17, 15) is 4.79 Å². The molecule has 2 atom stereocenters. The SMILES string of the molecule is C[C@H]1C[C@@H](C(=O)NC2(c3ccc(Cl)cc3)CCCC2)CCN1. The second-order valence-electron chi connectivity index (χ2n) is 6.86. The Labute approximate surface area is 137 Å². The molecule has 4 heteroatoms. The molecule has 1 saturated heterocycles. The number of carbonyl (C=O) groups excluding carboxylic acids is 1. The first-order valence-electron chi connectivity index (χ1n) is 8.40. The average molecular weight is 321 g/mol. The van der Waals surface area contributed by atoms with Gasteiger partial charge in [-0.15, -0.1) is 0 Å². The van der Waals surface area contributed by atoms with E-state index in [1.807, 2.05) is 12.1 Å². The number of hydrogen-bond acceptors (Lipinski definition) is 2. The van der Waals surface area contributed by atoms with Crippen molar-refractivity contribution in [1.82, 2.24) is 10.6 Å². The van der Waals surface area contributed by atoms with Gasteiger partial charge in [0.15, 0.2) is 0 Å². The lowest BCUT2D eigenvalue weighted by Crippen LogP contribution is -2.49. The van der Waals surface area contributed by atoms with E-state index in [2.05, 4.69) is 29.7 Å². The summed E-state index contributed by atoms with van der Waals surface area (Å²) in [5.41, 5.74) is 1.01. The van der Waals surface area contributed by atoms with E-state index in [0.29, 0.717) is 6.04 Å². The zero-order chi connectivity index (χ0) is 15.6. The molecule has 120 valence electrons. The van der Waals surface area contributed by atoms with Gasteiger partial charge in [0.25, 0.3) is 0 Å². The predicted molar refractivity (Wildman–Crippen MR) is 89.9 cm³/mol. The van der Waals surface area contributed by atoms with Crippen molar-refractivity contribution in [3.8, 4) is 0 Å². The molecular formula is C18H25ClN2O. The predicted octanol–water partition coefficient (Wildman–Crippen LogP) is 3.61. The molecule has 1 aromatic carbocycles. The summed E-state index contributed by atoms with van der Waals surface area (Å²) < 4.78 is 0. The van der Waals surface area contributed by atoms with E-state index in [4.69, 9.17) is 11.6 Å². The maximum atomic E-state index is 12.8. The normalized spacial score (nSPS) is 27.5. The summed E-state index contributed by atoms with van der Waals surface area (Å²) in [7, 11) is 0. The number of hydrogen-bond donors (Lipinski definition) is 2. The zero-order valence-corrected chi connectivity index (χ0v) is 14.0. The Kier molecular flexibility index (Phi) is 4.74. The Hall–Kier alpha value is -1.06. The standard InChI is InChI=1S/C18H25ClN2O/c1-13-12-14(8-11-20-13)17(22)21-18(9-2-3-10-18)15-4-6-16(19)7-5-15/h4-7,13-14,20H,2-3,8-12H2,1H3,(H,21,22)/t13-,14-/m0/s1. The molecule has 1 heterocycles. The second-order valence-corrected chi connectivity index (χ2v) is 7.30. The molecule has 2 fully saturated rings. The number of carbonyl (C=O) groups is 1. The average Bonchev–Trinajstić information content (AvgIpc) is 2.97. The van der Waals surface area contributed by atoms with Gasteiger partial charge in [-0.3, -0.25) is 4.79 Å². The van der Waals surface area contributed by atoms with Crippen molar-refractivity contribution < 1.29 is 4.79 Å². The summed E-state index contributed by atoms with van der Waals surface area (Å²) in [5, 5.41) is 7.57. The first-order valence-corrected chi connectivity index (χ1v) is 8.78. The summed E-state index contributed by atoms with van der Waals surface area (Å²) in [5.74, 6) is 0.367. The third-order valence-electron chi connectivity index (χ3n) is 5.21. The molecule has 0 aromatic heterocycles. The van der Waals surface area contributed by atoms with Gasteiger partial charge in [-0.05, 0) is 56.8 Å². The van der Waals surface area contributed by atoms with Crippen molar-refractivity contribution >= 4 is 17.5 Å². The van der Waals surface area contributed by atoms with Crippen LogP contribution in [0.15, 0.2) is 24.3 Å². The fourth-order valence-electron chi connectivity index (χ4n) is 3.94. The molecule has 1 aromatic rings. The molecule has 0 radical (unpaired) electrons. The molecule has 1 aliphatic heterocycles. The topological polar surface area (TPSA) is 41.1 Å². The van der Waals surface area contributed by atoms with Gasteiger partial charge >= 0.3 is 0 Å². The van der Waals surface area contributed by atoms with Crippen LogP contribution >= 0.6 is 11.6 Å². The fourth-order valence-corrected chi connectivity index (χ4v) is 4.07. The molecule has 0 unspecified atom stereocenters. The van der Waals surface area contributed by atoms with Gasteiger partial charge in [0.05, 0.1) is 5.54 Å². The van der Waals surface area contributed by atoms with E-state index >= 15 is 0 Å². The van der Waals surface area contributed by atoms with Gasteiger partial charge in [0.1, 0.15) is 0 Å². The molecule has 3 rings (SSSR count). The number of rotatable bonds is 3. The smallest absolute Gasteiger partial charge is 0.223 e. The van der Waals surface area contributed by atoms with Crippen LogP contribution < -0.4 is 10.6 Å². The Balaban J connectivity index is 1.76. The molecular weight excluding hydrogens is 296 g/mol. The van der Waals surface area contributed by atoms with Crippen LogP contribution in [0.25, 0.3) is 0 Å². The van der Waals surface area contributed by atoms with Crippen LogP contribution in [0.4, 0.5) is 0 Å². The van der Waals surface area contributed by atoms with Crippen molar-refractivity contribution in [3.63, 3.8) is 0 Å². The molecule has 0 spiro atoms. The Bertz CT molecular complexity index is 522. The van der Waals surface area contributed by atoms with Gasteiger partial charge in [-0.25, -0.2) is 0 Å². The first-order chi connectivity index (χ1) is 10.6. The maximum Gasteiger partial charge on any atom is 0.223 e. The molecule has 1 aliphatic carbocycles. The van der Waals surface area contributed by atoms with Gasteiger partial charge in [0, 0.05) is 17.0 Å². The fraction of sp³-hybridized carbons (Fsp3) is 0.611. The van der Waals surface area contributed by atoms with Crippen molar-refractivity contribution in [3.05, 3.63) is 34.9 Å². The van der Waals surface area contributed by atoms with E-state index in [-0.39, 0.29) is 17.4 Å². The van der Waals surface area contributed by atoms with Crippen molar-refractivity contribution in [2.24, 2.45) is 5.92 Å². The molecule has 3 nitrogen and oxygen atoms in total. The Morgan fingerprint density at radius 1 is 1.27 bits per heavy atom. The van der Waals surface area contributed by atoms with Crippen molar-refractivity contribution in [1.29, 1.82) is 0 Å². The monoisotopic (exact) mass is 320 g/mol. The molecule has 2 N–H and O–H groups in total. The summed E-state index contributed by atoms with van der Waals surface area (Å²) in [6, 6.07) is 8.42. The highest BCUT2D eigenvalue weighted by Gasteiger charge is 2.38. The summed E-state index contributed by atoms with van der Waals surface area (Å²) in [6.07, 6.45) is 6.27. The highest BCUT2D eigenvalue weighted by atomic mass is 35.5. The number of nitrogens with one attached hydrogen (secondary N) is 2. The molecule has 22 heavy (non-hydrogen) atoms. The molecule has 1 saturated carbocycles. The lowest BCUT2D eigenvalue weighted by atomic mass is 9.86. The Morgan fingerprint density at radius 2 is 1.95 bits per heavy atom. The minimum atomic E-state index is -0.185. The number of benzene rings is 1. The summed E-state index contributed by atoms with van der Waals surface area (Å²) in [6.45, 7) is 3.09. The van der Waals surface area contributed by atoms with Crippen LogP contribution in [-0.2, 0) is 10.3 Å². The lowest BCUT2D eigenvalue weighted by Gasteiger charge is -2.35. The van der Waals surface area contributed by atoms with E-state index in [1.54, 1.807) is 0 Å².